The fraction of sp³-hybridized carbons (Fsp3) is 0.458. The summed E-state index contributed by atoms with van der Waals surface area (Å²) in [6.07, 6.45) is 6.87. The number of anilines is 1. The maximum absolute atomic E-state index is 13.0. The summed E-state index contributed by atoms with van der Waals surface area (Å²) in [4.78, 5) is 13.0. The Morgan fingerprint density at radius 1 is 0.926 bits per heavy atom. The molecule has 1 amide bonds. The number of hydrogen-bond donors (Lipinski definition) is 2. The second-order valence-electron chi connectivity index (χ2n) is 8.04. The minimum atomic E-state index is 0.0873. The van der Waals surface area contributed by atoms with Crippen LogP contribution >= 0.6 is 0 Å². The predicted octanol–water partition coefficient (Wildman–Crippen LogP) is 4.97. The molecule has 2 aromatic carbocycles. The Hall–Kier alpha value is -2.29. The van der Waals surface area contributed by atoms with Crippen molar-refractivity contribution in [3.8, 4) is 0 Å². The normalized spacial score (nSPS) is 27.5. The van der Waals surface area contributed by atoms with Gasteiger partial charge in [-0.3, -0.25) is 4.79 Å². The first-order valence-electron chi connectivity index (χ1n) is 10.5. The van der Waals surface area contributed by atoms with Crippen LogP contribution in [0.3, 0.4) is 0 Å². The zero-order chi connectivity index (χ0) is 18.5. The van der Waals surface area contributed by atoms with Crippen LogP contribution in [-0.4, -0.2) is 18.5 Å². The van der Waals surface area contributed by atoms with Crippen molar-refractivity contribution in [2.75, 3.05) is 11.9 Å². The van der Waals surface area contributed by atoms with Crippen molar-refractivity contribution in [3.63, 3.8) is 0 Å². The molecule has 4 atom stereocenters. The lowest BCUT2D eigenvalue weighted by molar-refractivity contribution is -0.131. The third-order valence-corrected chi connectivity index (χ3v) is 6.36. The van der Waals surface area contributed by atoms with Crippen LogP contribution in [0, 0.1) is 11.8 Å². The van der Waals surface area contributed by atoms with E-state index in [0.717, 1.165) is 31.5 Å². The zero-order valence-corrected chi connectivity index (χ0v) is 15.9. The summed E-state index contributed by atoms with van der Waals surface area (Å²) in [5.74, 6) is 1.31. The molecule has 2 aromatic rings. The highest BCUT2D eigenvalue weighted by molar-refractivity contribution is 5.81. The summed E-state index contributed by atoms with van der Waals surface area (Å²) < 4.78 is 0. The summed E-state index contributed by atoms with van der Waals surface area (Å²) in [6.45, 7) is 0.906. The molecule has 2 aliphatic rings. The summed E-state index contributed by atoms with van der Waals surface area (Å²) >= 11 is 0. The molecular weight excluding hydrogens is 332 g/mol. The van der Waals surface area contributed by atoms with Crippen LogP contribution in [0.1, 0.15) is 50.0 Å². The summed E-state index contributed by atoms with van der Waals surface area (Å²) in [5, 5.41) is 6.85. The van der Waals surface area contributed by atoms with Gasteiger partial charge in [0.25, 0.3) is 0 Å². The number of benzene rings is 2. The molecule has 3 heteroatoms. The average molecular weight is 363 g/mol. The highest BCUT2D eigenvalue weighted by Gasteiger charge is 2.44. The van der Waals surface area contributed by atoms with Crippen LogP contribution in [0.2, 0.25) is 0 Å². The minimum Gasteiger partial charge on any atom is -0.385 e. The molecule has 27 heavy (non-hydrogen) atoms. The van der Waals surface area contributed by atoms with E-state index < -0.39 is 0 Å². The number of hydrogen-bond acceptors (Lipinski definition) is 2. The predicted molar refractivity (Wildman–Crippen MR) is 111 cm³/mol. The molecule has 0 bridgehead atoms. The summed E-state index contributed by atoms with van der Waals surface area (Å²) in [5.41, 5.74) is 2.50. The maximum atomic E-state index is 13.0. The Labute approximate surface area is 162 Å². The van der Waals surface area contributed by atoms with E-state index in [1.807, 2.05) is 18.2 Å². The zero-order valence-electron chi connectivity index (χ0n) is 15.9. The fourth-order valence-electron chi connectivity index (χ4n) is 5.10. The number of amides is 1. The molecule has 1 aliphatic carbocycles. The standard InChI is InChI=1S/C24H30N2O/c27-24-21(15-9-17-25-19-12-5-2-6-13-19)23(18-10-3-1-4-11-18)20-14-7-8-16-22(20)26-24/h1-6,10-13,20-23,25H,7-9,14-17H2,(H,26,27)/t20-,21+,22-,23-/m0/s1. The molecule has 3 nitrogen and oxygen atoms in total. The SMILES string of the molecule is O=C1N[C@H]2CCCC[C@@H]2[C@H](c2ccccc2)[C@H]1CCCNc1ccccc1. The quantitative estimate of drug-likeness (QED) is 0.713. The third kappa shape index (κ3) is 4.18. The highest BCUT2D eigenvalue weighted by atomic mass is 16.2. The van der Waals surface area contributed by atoms with E-state index >= 15 is 0 Å². The second-order valence-corrected chi connectivity index (χ2v) is 8.04. The first-order valence-corrected chi connectivity index (χ1v) is 10.5. The van der Waals surface area contributed by atoms with Crippen molar-refractivity contribution in [1.29, 1.82) is 0 Å². The Kier molecular flexibility index (Phi) is 5.76. The van der Waals surface area contributed by atoms with Crippen molar-refractivity contribution in [2.45, 2.75) is 50.5 Å². The van der Waals surface area contributed by atoms with Gasteiger partial charge in [0.15, 0.2) is 0 Å². The first kappa shape index (κ1) is 18.1. The Balaban J connectivity index is 1.45. The molecule has 1 saturated carbocycles. The second kappa shape index (κ2) is 8.60. The maximum Gasteiger partial charge on any atom is 0.223 e. The Bertz CT molecular complexity index is 731. The molecule has 0 spiro atoms. The third-order valence-electron chi connectivity index (χ3n) is 6.36. The topological polar surface area (TPSA) is 41.1 Å². The number of carbonyl (C=O) groups excluding carboxylic acids is 1. The molecular formula is C24H30N2O. The van der Waals surface area contributed by atoms with E-state index in [4.69, 9.17) is 0 Å². The van der Waals surface area contributed by atoms with Crippen molar-refractivity contribution >= 4 is 11.6 Å². The summed E-state index contributed by atoms with van der Waals surface area (Å²) in [6, 6.07) is 21.4. The van der Waals surface area contributed by atoms with Crippen molar-refractivity contribution < 1.29 is 4.79 Å². The monoisotopic (exact) mass is 362 g/mol. The van der Waals surface area contributed by atoms with Gasteiger partial charge in [-0.05, 0) is 49.3 Å². The Morgan fingerprint density at radius 2 is 1.63 bits per heavy atom. The van der Waals surface area contributed by atoms with E-state index in [-0.39, 0.29) is 11.8 Å². The van der Waals surface area contributed by atoms with Gasteiger partial charge in [0.1, 0.15) is 0 Å². The van der Waals surface area contributed by atoms with Gasteiger partial charge in [0, 0.05) is 30.1 Å². The molecule has 1 saturated heterocycles. The van der Waals surface area contributed by atoms with Crippen LogP contribution < -0.4 is 10.6 Å². The number of carbonyl (C=O) groups is 1. The molecule has 0 aromatic heterocycles. The minimum absolute atomic E-state index is 0.0873. The molecule has 0 radical (unpaired) electrons. The van der Waals surface area contributed by atoms with E-state index in [1.54, 1.807) is 0 Å². The van der Waals surface area contributed by atoms with Crippen LogP contribution in [0.15, 0.2) is 60.7 Å². The van der Waals surface area contributed by atoms with Gasteiger partial charge in [-0.1, -0.05) is 61.4 Å². The lowest BCUT2D eigenvalue weighted by atomic mass is 9.65. The van der Waals surface area contributed by atoms with Crippen LogP contribution in [0.25, 0.3) is 0 Å². The highest BCUT2D eigenvalue weighted by Crippen LogP contribution is 2.45. The van der Waals surface area contributed by atoms with E-state index in [1.165, 1.54) is 24.8 Å². The van der Waals surface area contributed by atoms with Gasteiger partial charge < -0.3 is 10.6 Å². The number of nitrogens with one attached hydrogen (secondary N) is 2. The van der Waals surface area contributed by atoms with Gasteiger partial charge in [0.2, 0.25) is 5.91 Å². The van der Waals surface area contributed by atoms with E-state index in [0.29, 0.717) is 17.9 Å². The number of piperidine rings is 1. The summed E-state index contributed by atoms with van der Waals surface area (Å²) in [7, 11) is 0. The number of rotatable bonds is 6. The molecule has 142 valence electrons. The fourth-order valence-corrected chi connectivity index (χ4v) is 5.10. The van der Waals surface area contributed by atoms with Crippen molar-refractivity contribution in [2.24, 2.45) is 11.8 Å². The number of para-hydroxylation sites is 1. The van der Waals surface area contributed by atoms with Crippen LogP contribution in [-0.2, 0) is 4.79 Å². The lowest BCUT2D eigenvalue weighted by Crippen LogP contribution is -2.54. The Morgan fingerprint density at radius 3 is 2.41 bits per heavy atom. The van der Waals surface area contributed by atoms with Crippen LogP contribution in [0.4, 0.5) is 5.69 Å². The van der Waals surface area contributed by atoms with Gasteiger partial charge in [-0.15, -0.1) is 0 Å². The lowest BCUT2D eigenvalue weighted by Gasteiger charge is -2.46. The van der Waals surface area contributed by atoms with Gasteiger partial charge in [0.05, 0.1) is 0 Å². The van der Waals surface area contributed by atoms with Gasteiger partial charge in [-0.2, -0.15) is 0 Å². The molecule has 2 N–H and O–H groups in total. The molecule has 2 fully saturated rings. The largest absolute Gasteiger partial charge is 0.385 e. The van der Waals surface area contributed by atoms with E-state index in [2.05, 4.69) is 53.1 Å². The van der Waals surface area contributed by atoms with Crippen molar-refractivity contribution in [1.82, 2.24) is 5.32 Å². The first-order chi connectivity index (χ1) is 13.3. The number of fused-ring (bicyclic) bond motifs is 1. The molecule has 1 heterocycles. The molecule has 4 rings (SSSR count). The molecule has 1 aliphatic heterocycles. The smallest absolute Gasteiger partial charge is 0.223 e. The van der Waals surface area contributed by atoms with Gasteiger partial charge in [-0.25, -0.2) is 0 Å². The van der Waals surface area contributed by atoms with Crippen LogP contribution in [0.5, 0.6) is 0 Å². The van der Waals surface area contributed by atoms with E-state index in [9.17, 15) is 4.79 Å². The van der Waals surface area contributed by atoms with Crippen molar-refractivity contribution in [3.05, 3.63) is 66.2 Å². The van der Waals surface area contributed by atoms with Gasteiger partial charge >= 0.3 is 0 Å². The average Bonchev–Trinajstić information content (AvgIpc) is 2.72. The molecule has 0 unspecified atom stereocenters.